The highest BCUT2D eigenvalue weighted by molar-refractivity contribution is 9.10. The van der Waals surface area contributed by atoms with E-state index in [1.807, 2.05) is 35.8 Å². The number of hydrogen-bond donors (Lipinski definition) is 1. The number of thioether (sulfide) groups is 1. The number of esters is 1. The zero-order valence-corrected chi connectivity index (χ0v) is 22.0. The van der Waals surface area contributed by atoms with Crippen LogP contribution in [0.15, 0.2) is 63.5 Å². The Labute approximate surface area is 217 Å². The summed E-state index contributed by atoms with van der Waals surface area (Å²) in [5, 5.41) is 14.1. The van der Waals surface area contributed by atoms with Crippen molar-refractivity contribution in [2.75, 3.05) is 18.2 Å². The Kier molecular flexibility index (Phi) is 7.99. The lowest BCUT2D eigenvalue weighted by Gasteiger charge is -2.09. The number of amides is 1. The molecule has 0 saturated heterocycles. The first-order valence-electron chi connectivity index (χ1n) is 10.5. The second-order valence-corrected chi connectivity index (χ2v) is 9.98. The molecule has 4 aromatic rings. The van der Waals surface area contributed by atoms with Crippen LogP contribution in [0.2, 0.25) is 0 Å². The summed E-state index contributed by atoms with van der Waals surface area (Å²) in [5.41, 5.74) is 2.37. The lowest BCUT2D eigenvalue weighted by molar-refractivity contribution is -0.113. The van der Waals surface area contributed by atoms with Gasteiger partial charge >= 0.3 is 5.97 Å². The van der Waals surface area contributed by atoms with Crippen molar-refractivity contribution >= 4 is 55.9 Å². The number of methoxy groups -OCH3 is 1. The van der Waals surface area contributed by atoms with E-state index in [1.165, 1.54) is 42.3 Å². The molecule has 7 nitrogen and oxygen atoms in total. The molecular formula is C24H20BrFN4O3S2. The molecule has 35 heavy (non-hydrogen) atoms. The van der Waals surface area contributed by atoms with Crippen LogP contribution in [-0.2, 0) is 16.1 Å². The number of carbonyl (C=O) groups excluding carboxylic acids is 2. The molecule has 0 unspecified atom stereocenters. The number of carbonyl (C=O) groups is 2. The molecule has 1 N–H and O–H groups in total. The molecule has 0 atom stereocenters. The van der Waals surface area contributed by atoms with E-state index >= 15 is 0 Å². The number of aromatic nitrogens is 3. The minimum absolute atomic E-state index is 0.0723. The number of ether oxygens (including phenoxy) is 1. The number of benzene rings is 2. The number of halogens is 2. The quantitative estimate of drug-likeness (QED) is 0.202. The van der Waals surface area contributed by atoms with Crippen LogP contribution in [0, 0.1) is 5.82 Å². The fourth-order valence-electron chi connectivity index (χ4n) is 3.38. The Morgan fingerprint density at radius 3 is 2.46 bits per heavy atom. The number of anilines is 1. The van der Waals surface area contributed by atoms with E-state index in [1.54, 1.807) is 17.5 Å². The third-order valence-corrected chi connectivity index (χ3v) is 7.45. The SMILES string of the molecule is CCn1c(SCC(=O)Nc2scc(-c3ccc(F)cc3)c2C(=O)OC)nnc1-c1ccc(Br)cc1. The first kappa shape index (κ1) is 25.1. The monoisotopic (exact) mass is 574 g/mol. The normalized spacial score (nSPS) is 10.9. The van der Waals surface area contributed by atoms with Crippen molar-refractivity contribution in [1.29, 1.82) is 0 Å². The minimum Gasteiger partial charge on any atom is -0.465 e. The van der Waals surface area contributed by atoms with E-state index in [2.05, 4.69) is 31.4 Å². The van der Waals surface area contributed by atoms with Gasteiger partial charge in [-0.3, -0.25) is 4.79 Å². The number of nitrogens with zero attached hydrogens (tertiary/aromatic N) is 3. The molecule has 2 aromatic heterocycles. The fraction of sp³-hybridized carbons (Fsp3) is 0.167. The Bertz CT molecular complexity index is 1350. The first-order valence-corrected chi connectivity index (χ1v) is 13.1. The van der Waals surface area contributed by atoms with Gasteiger partial charge in [-0.05, 0) is 36.8 Å². The van der Waals surface area contributed by atoms with Gasteiger partial charge in [0.25, 0.3) is 0 Å². The second kappa shape index (κ2) is 11.1. The first-order chi connectivity index (χ1) is 16.9. The molecule has 180 valence electrons. The second-order valence-electron chi connectivity index (χ2n) is 7.25. The molecular weight excluding hydrogens is 555 g/mol. The summed E-state index contributed by atoms with van der Waals surface area (Å²) in [6.45, 7) is 2.63. The Morgan fingerprint density at radius 2 is 1.80 bits per heavy atom. The molecule has 4 rings (SSSR count). The maximum absolute atomic E-state index is 13.3. The molecule has 11 heteroatoms. The van der Waals surface area contributed by atoms with Crippen LogP contribution in [0.25, 0.3) is 22.5 Å². The van der Waals surface area contributed by atoms with Gasteiger partial charge in [-0.2, -0.15) is 0 Å². The van der Waals surface area contributed by atoms with Crippen molar-refractivity contribution in [1.82, 2.24) is 14.8 Å². The Hall–Kier alpha value is -3.02. The Morgan fingerprint density at radius 1 is 1.11 bits per heavy atom. The average molecular weight is 575 g/mol. The van der Waals surface area contributed by atoms with Crippen LogP contribution in [0.1, 0.15) is 17.3 Å². The van der Waals surface area contributed by atoms with Crippen molar-refractivity contribution in [3.63, 3.8) is 0 Å². The smallest absolute Gasteiger partial charge is 0.341 e. The maximum atomic E-state index is 13.3. The van der Waals surface area contributed by atoms with E-state index in [0.717, 1.165) is 15.9 Å². The summed E-state index contributed by atoms with van der Waals surface area (Å²) >= 11 is 5.89. The standard InChI is InChI=1S/C24H20BrFN4O3S2/c1-3-30-21(15-4-8-16(25)9-5-15)28-29-24(30)35-13-19(31)27-22-20(23(32)33-2)18(12-34-22)14-6-10-17(26)11-7-14/h4-12H,3,13H2,1-2H3,(H,27,31). The third kappa shape index (κ3) is 5.63. The van der Waals surface area contributed by atoms with Gasteiger partial charge in [0.15, 0.2) is 11.0 Å². The summed E-state index contributed by atoms with van der Waals surface area (Å²) in [4.78, 5) is 25.3. The van der Waals surface area contributed by atoms with Gasteiger partial charge in [0.2, 0.25) is 5.91 Å². The van der Waals surface area contributed by atoms with Crippen LogP contribution in [0.5, 0.6) is 0 Å². The van der Waals surface area contributed by atoms with E-state index in [9.17, 15) is 14.0 Å². The van der Waals surface area contributed by atoms with E-state index in [4.69, 9.17) is 4.74 Å². The summed E-state index contributed by atoms with van der Waals surface area (Å²) in [5.74, 6) is -0.472. The van der Waals surface area contributed by atoms with E-state index in [-0.39, 0.29) is 23.0 Å². The summed E-state index contributed by atoms with van der Waals surface area (Å²) in [6.07, 6.45) is 0. The zero-order valence-electron chi connectivity index (χ0n) is 18.7. The zero-order chi connectivity index (χ0) is 24.9. The fourth-order valence-corrected chi connectivity index (χ4v) is 5.42. The summed E-state index contributed by atoms with van der Waals surface area (Å²) in [6, 6.07) is 13.5. The van der Waals surface area contributed by atoms with Crippen LogP contribution in [-0.4, -0.2) is 39.5 Å². The highest BCUT2D eigenvalue weighted by Crippen LogP contribution is 2.36. The molecule has 0 fully saturated rings. The summed E-state index contributed by atoms with van der Waals surface area (Å²) in [7, 11) is 1.27. The van der Waals surface area contributed by atoms with Gasteiger partial charge in [0.1, 0.15) is 16.4 Å². The lowest BCUT2D eigenvalue weighted by Crippen LogP contribution is -2.16. The molecule has 0 aliphatic heterocycles. The van der Waals surface area contributed by atoms with Crippen molar-refractivity contribution in [3.8, 4) is 22.5 Å². The maximum Gasteiger partial charge on any atom is 0.341 e. The molecule has 0 aliphatic rings. The Balaban J connectivity index is 1.50. The summed E-state index contributed by atoms with van der Waals surface area (Å²) < 4.78 is 21.2. The van der Waals surface area contributed by atoms with Gasteiger partial charge in [-0.15, -0.1) is 21.5 Å². The predicted molar refractivity (Wildman–Crippen MR) is 139 cm³/mol. The molecule has 0 spiro atoms. The molecule has 2 aromatic carbocycles. The molecule has 0 saturated carbocycles. The minimum atomic E-state index is -0.585. The topological polar surface area (TPSA) is 86.1 Å². The van der Waals surface area contributed by atoms with Gasteiger partial charge in [0, 0.05) is 27.5 Å². The van der Waals surface area contributed by atoms with Crippen LogP contribution in [0.3, 0.4) is 0 Å². The van der Waals surface area contributed by atoms with Crippen LogP contribution >= 0.6 is 39.0 Å². The highest BCUT2D eigenvalue weighted by atomic mass is 79.9. The molecule has 1 amide bonds. The van der Waals surface area contributed by atoms with E-state index in [0.29, 0.717) is 27.8 Å². The van der Waals surface area contributed by atoms with Gasteiger partial charge < -0.3 is 14.6 Å². The van der Waals surface area contributed by atoms with Crippen LogP contribution in [0.4, 0.5) is 9.39 Å². The molecule has 0 aliphatic carbocycles. The number of hydrogen-bond acceptors (Lipinski definition) is 7. The molecule has 2 heterocycles. The van der Waals surface area contributed by atoms with Gasteiger partial charge in [-0.1, -0.05) is 52.0 Å². The third-order valence-electron chi connectivity index (χ3n) is 5.06. The van der Waals surface area contributed by atoms with Crippen molar-refractivity contribution < 1.29 is 18.7 Å². The molecule has 0 radical (unpaired) electrons. The van der Waals surface area contributed by atoms with Gasteiger partial charge in [0.05, 0.1) is 12.9 Å². The van der Waals surface area contributed by atoms with Crippen molar-refractivity contribution in [3.05, 3.63) is 69.8 Å². The highest BCUT2D eigenvalue weighted by Gasteiger charge is 2.23. The van der Waals surface area contributed by atoms with Crippen LogP contribution < -0.4 is 5.32 Å². The van der Waals surface area contributed by atoms with Crippen molar-refractivity contribution in [2.45, 2.75) is 18.6 Å². The molecule has 0 bridgehead atoms. The number of nitrogens with one attached hydrogen (secondary N) is 1. The number of rotatable bonds is 8. The van der Waals surface area contributed by atoms with Gasteiger partial charge in [-0.25, -0.2) is 9.18 Å². The predicted octanol–water partition coefficient (Wildman–Crippen LogP) is 6.11. The lowest BCUT2D eigenvalue weighted by atomic mass is 10.0. The largest absolute Gasteiger partial charge is 0.465 e. The number of thiophene rings is 1. The van der Waals surface area contributed by atoms with E-state index < -0.39 is 5.97 Å². The van der Waals surface area contributed by atoms with Crippen molar-refractivity contribution in [2.24, 2.45) is 0 Å². The average Bonchev–Trinajstić information content (AvgIpc) is 3.47.